The summed E-state index contributed by atoms with van der Waals surface area (Å²) in [5.74, 6) is 2.09. The second-order valence-corrected chi connectivity index (χ2v) is 6.51. The maximum absolute atomic E-state index is 6.31. The number of methoxy groups -OCH3 is 1. The highest BCUT2D eigenvalue weighted by Crippen LogP contribution is 2.32. The molecule has 9 heteroatoms. The van der Waals surface area contributed by atoms with E-state index in [1.54, 1.807) is 22.7 Å². The number of benzene rings is 1. The number of hydrogen-bond donors (Lipinski definition) is 0. The molecular weight excluding hydrogens is 396 g/mol. The van der Waals surface area contributed by atoms with Crippen LogP contribution in [0.3, 0.4) is 0 Å². The van der Waals surface area contributed by atoms with Crippen molar-refractivity contribution in [3.05, 3.63) is 39.2 Å². The number of aromatic nitrogens is 6. The highest BCUT2D eigenvalue weighted by molar-refractivity contribution is 9.10. The van der Waals surface area contributed by atoms with Crippen molar-refractivity contribution in [3.8, 4) is 17.2 Å². The highest BCUT2D eigenvalue weighted by atomic mass is 79.9. The molecule has 0 bridgehead atoms. The summed E-state index contributed by atoms with van der Waals surface area (Å²) in [6.07, 6.45) is 2.26. The third kappa shape index (κ3) is 3.22. The normalized spacial score (nSPS) is 11.2. The van der Waals surface area contributed by atoms with Crippen molar-refractivity contribution < 1.29 is 4.74 Å². The van der Waals surface area contributed by atoms with Crippen molar-refractivity contribution in [2.45, 2.75) is 13.3 Å². The fourth-order valence-electron chi connectivity index (χ4n) is 2.33. The topological polar surface area (TPSA) is 70.7 Å². The quantitative estimate of drug-likeness (QED) is 0.645. The molecule has 0 saturated heterocycles. The molecule has 126 valence electrons. The number of halogens is 2. The minimum atomic E-state index is 0.549. The Morgan fingerprint density at radius 2 is 2.12 bits per heavy atom. The Bertz CT molecular complexity index is 852. The molecule has 0 aliphatic carbocycles. The third-order valence-electron chi connectivity index (χ3n) is 3.56. The number of nitrogens with zero attached hydrogens (tertiary/aromatic N) is 6. The van der Waals surface area contributed by atoms with Crippen LogP contribution >= 0.6 is 27.5 Å². The Kier molecular flexibility index (Phi) is 4.98. The number of hydrogen-bond acceptors (Lipinski definition) is 5. The van der Waals surface area contributed by atoms with Gasteiger partial charge in [-0.2, -0.15) is 4.68 Å². The summed E-state index contributed by atoms with van der Waals surface area (Å²) in [5.41, 5.74) is 1.90. The van der Waals surface area contributed by atoms with Crippen LogP contribution in [0.1, 0.15) is 11.4 Å². The first-order chi connectivity index (χ1) is 11.5. The van der Waals surface area contributed by atoms with Crippen LogP contribution < -0.4 is 0 Å². The summed E-state index contributed by atoms with van der Waals surface area (Å²) in [5, 5.41) is 13.1. The predicted molar refractivity (Wildman–Crippen MR) is 94.4 cm³/mol. The van der Waals surface area contributed by atoms with E-state index >= 15 is 0 Å². The van der Waals surface area contributed by atoms with E-state index < -0.39 is 0 Å². The van der Waals surface area contributed by atoms with Crippen molar-refractivity contribution in [2.24, 2.45) is 7.05 Å². The fourth-order valence-corrected chi connectivity index (χ4v) is 2.83. The minimum Gasteiger partial charge on any atom is -0.384 e. The molecule has 3 rings (SSSR count). The van der Waals surface area contributed by atoms with Crippen LogP contribution in [-0.4, -0.2) is 43.5 Å². The van der Waals surface area contributed by atoms with E-state index in [1.807, 2.05) is 26.1 Å². The molecule has 2 aromatic heterocycles. The second kappa shape index (κ2) is 7.00. The molecule has 0 N–H and O–H groups in total. The Labute approximate surface area is 152 Å². The summed E-state index contributed by atoms with van der Waals surface area (Å²) in [7, 11) is 3.46. The summed E-state index contributed by atoms with van der Waals surface area (Å²) in [4.78, 5) is 4.66. The van der Waals surface area contributed by atoms with Crippen molar-refractivity contribution in [3.63, 3.8) is 0 Å². The zero-order valence-electron chi connectivity index (χ0n) is 13.5. The van der Waals surface area contributed by atoms with Crippen molar-refractivity contribution >= 4 is 27.5 Å². The van der Waals surface area contributed by atoms with Gasteiger partial charge < -0.3 is 4.74 Å². The molecule has 0 atom stereocenters. The van der Waals surface area contributed by atoms with Crippen LogP contribution in [0, 0.1) is 6.92 Å². The highest BCUT2D eigenvalue weighted by Gasteiger charge is 2.18. The van der Waals surface area contributed by atoms with Gasteiger partial charge in [-0.3, -0.25) is 0 Å². The standard InChI is InChI=1S/C15H16BrClN6O/c1-9-6-10(7-11(17)14(9)16)15-19-12(4-5-24-3)20-23(15)13-8-18-21-22(13)2/h6-8H,4-5H2,1-3H3. The zero-order valence-corrected chi connectivity index (χ0v) is 15.8. The van der Waals surface area contributed by atoms with Crippen LogP contribution in [0.25, 0.3) is 17.2 Å². The molecule has 1 aromatic carbocycles. The van der Waals surface area contributed by atoms with Crippen LogP contribution in [0.4, 0.5) is 0 Å². The van der Waals surface area contributed by atoms with Gasteiger partial charge in [0.15, 0.2) is 17.5 Å². The van der Waals surface area contributed by atoms with E-state index in [0.29, 0.717) is 29.7 Å². The summed E-state index contributed by atoms with van der Waals surface area (Å²) < 4.78 is 9.37. The van der Waals surface area contributed by atoms with Gasteiger partial charge in [0.1, 0.15) is 0 Å². The largest absolute Gasteiger partial charge is 0.384 e. The maximum Gasteiger partial charge on any atom is 0.174 e. The molecule has 0 fully saturated rings. The lowest BCUT2D eigenvalue weighted by atomic mass is 10.1. The molecule has 3 aromatic rings. The van der Waals surface area contributed by atoms with Gasteiger partial charge >= 0.3 is 0 Å². The van der Waals surface area contributed by atoms with Gasteiger partial charge in [0.2, 0.25) is 0 Å². The van der Waals surface area contributed by atoms with Gasteiger partial charge in [0.25, 0.3) is 0 Å². The number of rotatable bonds is 5. The average molecular weight is 412 g/mol. The molecule has 2 heterocycles. The van der Waals surface area contributed by atoms with Crippen molar-refractivity contribution in [1.29, 1.82) is 0 Å². The molecule has 0 saturated carbocycles. The molecule has 0 radical (unpaired) electrons. The second-order valence-electron chi connectivity index (χ2n) is 5.31. The average Bonchev–Trinajstić information content (AvgIpc) is 3.16. The lowest BCUT2D eigenvalue weighted by Gasteiger charge is -2.08. The third-order valence-corrected chi connectivity index (χ3v) is 5.14. The fraction of sp³-hybridized carbons (Fsp3) is 0.333. The lowest BCUT2D eigenvalue weighted by molar-refractivity contribution is 0.200. The Morgan fingerprint density at radius 1 is 1.33 bits per heavy atom. The predicted octanol–water partition coefficient (Wildman–Crippen LogP) is 2.98. The first-order valence-corrected chi connectivity index (χ1v) is 8.44. The van der Waals surface area contributed by atoms with Gasteiger partial charge in [-0.25, -0.2) is 9.67 Å². The molecule has 0 aliphatic rings. The van der Waals surface area contributed by atoms with E-state index in [-0.39, 0.29) is 0 Å². The molecule has 24 heavy (non-hydrogen) atoms. The minimum absolute atomic E-state index is 0.549. The van der Waals surface area contributed by atoms with Gasteiger partial charge in [0, 0.05) is 30.6 Å². The van der Waals surface area contributed by atoms with Crippen LogP contribution in [0.5, 0.6) is 0 Å². The van der Waals surface area contributed by atoms with E-state index in [2.05, 4.69) is 36.3 Å². The lowest BCUT2D eigenvalue weighted by Crippen LogP contribution is -2.07. The van der Waals surface area contributed by atoms with E-state index in [1.165, 1.54) is 0 Å². The van der Waals surface area contributed by atoms with Gasteiger partial charge in [-0.15, -0.1) is 10.2 Å². The van der Waals surface area contributed by atoms with E-state index in [4.69, 9.17) is 16.3 Å². The zero-order chi connectivity index (χ0) is 17.3. The molecular formula is C15H16BrClN6O. The monoisotopic (exact) mass is 410 g/mol. The summed E-state index contributed by atoms with van der Waals surface area (Å²) in [6, 6.07) is 3.88. The Balaban J connectivity index is 2.15. The van der Waals surface area contributed by atoms with Crippen LogP contribution in [0.2, 0.25) is 5.02 Å². The van der Waals surface area contributed by atoms with E-state index in [0.717, 1.165) is 21.4 Å². The van der Waals surface area contributed by atoms with Crippen LogP contribution in [-0.2, 0) is 18.2 Å². The Hall–Kier alpha value is -1.77. The smallest absolute Gasteiger partial charge is 0.174 e. The molecule has 0 spiro atoms. The molecule has 0 aliphatic heterocycles. The number of aryl methyl sites for hydroxylation is 2. The first-order valence-electron chi connectivity index (χ1n) is 7.27. The van der Waals surface area contributed by atoms with E-state index in [9.17, 15) is 0 Å². The number of ether oxygens (including phenoxy) is 1. The first kappa shape index (κ1) is 17.1. The van der Waals surface area contributed by atoms with Crippen molar-refractivity contribution in [1.82, 2.24) is 29.8 Å². The molecule has 0 unspecified atom stereocenters. The van der Waals surface area contributed by atoms with Gasteiger partial charge in [-0.05, 0) is 40.5 Å². The van der Waals surface area contributed by atoms with Crippen LogP contribution in [0.15, 0.2) is 22.8 Å². The molecule has 7 nitrogen and oxygen atoms in total. The Morgan fingerprint density at radius 3 is 2.75 bits per heavy atom. The summed E-state index contributed by atoms with van der Waals surface area (Å²) in [6.45, 7) is 2.53. The summed E-state index contributed by atoms with van der Waals surface area (Å²) >= 11 is 9.79. The van der Waals surface area contributed by atoms with Gasteiger partial charge in [-0.1, -0.05) is 16.8 Å². The SMILES string of the molecule is COCCc1nc(-c2cc(C)c(Br)c(Cl)c2)n(-c2cnnn2C)n1. The van der Waals surface area contributed by atoms with Crippen molar-refractivity contribution in [2.75, 3.05) is 13.7 Å². The molecule has 0 amide bonds. The maximum atomic E-state index is 6.31. The van der Waals surface area contributed by atoms with Gasteiger partial charge in [0.05, 0.1) is 17.8 Å².